The second kappa shape index (κ2) is 5.59. The maximum Gasteiger partial charge on any atom is 0.270 e. The molecule has 0 aromatic carbocycles. The Morgan fingerprint density at radius 2 is 1.96 bits per heavy atom. The summed E-state index contributed by atoms with van der Waals surface area (Å²) in [6.07, 6.45) is 0. The van der Waals surface area contributed by atoms with E-state index >= 15 is 0 Å². The van der Waals surface area contributed by atoms with Crippen LogP contribution in [0.1, 0.15) is 47.7 Å². The molecule has 1 amide bonds. The number of nitrogens with one attached hydrogen (secondary N) is 2. The summed E-state index contributed by atoms with van der Waals surface area (Å²) < 4.78 is 3.55. The van der Waals surface area contributed by atoms with Gasteiger partial charge in [0.25, 0.3) is 5.56 Å². The van der Waals surface area contributed by atoms with E-state index in [2.05, 4.69) is 15.5 Å². The van der Waals surface area contributed by atoms with Gasteiger partial charge in [-0.15, -0.1) is 11.8 Å². The maximum absolute atomic E-state index is 12.6. The molecule has 0 radical (unpaired) electrons. The predicted octanol–water partition coefficient (Wildman–Crippen LogP) is 1.88. The monoisotopic (exact) mass is 335 g/mol. The molecule has 1 aliphatic rings. The van der Waals surface area contributed by atoms with Gasteiger partial charge < -0.3 is 5.32 Å². The van der Waals surface area contributed by atoms with E-state index in [1.54, 1.807) is 4.68 Å². The number of thioether (sulfide) groups is 1. The van der Waals surface area contributed by atoms with Crippen molar-refractivity contribution in [3.8, 4) is 0 Å². The summed E-state index contributed by atoms with van der Waals surface area (Å²) in [5.74, 6) is 0.795. The molecule has 2 aromatic heterocycles. The molecule has 3 rings (SSSR count). The Morgan fingerprint density at radius 3 is 2.52 bits per heavy atom. The lowest BCUT2D eigenvalue weighted by molar-refractivity contribution is -0.113. The van der Waals surface area contributed by atoms with Gasteiger partial charge in [0.05, 0.1) is 22.3 Å². The summed E-state index contributed by atoms with van der Waals surface area (Å²) in [6, 6.07) is 0.0478. The third-order valence-electron chi connectivity index (χ3n) is 4.21. The topological polar surface area (TPSA) is 84.7 Å². The fraction of sp³-hybridized carbons (Fsp3) is 0.533. The van der Waals surface area contributed by atoms with Gasteiger partial charge in [0.1, 0.15) is 5.82 Å². The van der Waals surface area contributed by atoms with Gasteiger partial charge in [-0.05, 0) is 27.7 Å². The highest BCUT2D eigenvalue weighted by Gasteiger charge is 2.33. The first-order valence-corrected chi connectivity index (χ1v) is 8.62. The third-order valence-corrected chi connectivity index (χ3v) is 5.44. The number of rotatable bonds is 2. The molecule has 23 heavy (non-hydrogen) atoms. The number of amides is 1. The van der Waals surface area contributed by atoms with Crippen molar-refractivity contribution in [3.05, 3.63) is 32.9 Å². The zero-order valence-corrected chi connectivity index (χ0v) is 14.7. The van der Waals surface area contributed by atoms with Crippen molar-refractivity contribution in [2.45, 2.75) is 39.0 Å². The number of H-pyrrole nitrogens is 1. The van der Waals surface area contributed by atoms with Gasteiger partial charge in [-0.3, -0.25) is 24.1 Å². The largest absolute Gasteiger partial charge is 0.310 e. The van der Waals surface area contributed by atoms with Crippen molar-refractivity contribution in [2.24, 2.45) is 7.05 Å². The number of fused-ring (bicyclic) bond motifs is 1. The van der Waals surface area contributed by atoms with Crippen LogP contribution in [-0.2, 0) is 11.8 Å². The summed E-state index contributed by atoms with van der Waals surface area (Å²) in [4.78, 5) is 24.7. The molecule has 8 heteroatoms. The summed E-state index contributed by atoms with van der Waals surface area (Å²) in [7, 11) is 1.89. The smallest absolute Gasteiger partial charge is 0.270 e. The number of aromatic amines is 1. The average Bonchev–Trinajstić information content (AvgIpc) is 2.83. The Labute approximate surface area is 138 Å². The molecule has 3 heterocycles. The molecule has 0 spiro atoms. The van der Waals surface area contributed by atoms with Crippen LogP contribution in [0, 0.1) is 13.8 Å². The Kier molecular flexibility index (Phi) is 3.87. The summed E-state index contributed by atoms with van der Waals surface area (Å²) in [5.41, 5.74) is 3.36. The molecule has 1 aliphatic heterocycles. The Balaban J connectivity index is 2.25. The molecular formula is C15H21N5O2S. The van der Waals surface area contributed by atoms with Crippen molar-refractivity contribution in [1.29, 1.82) is 0 Å². The Hall–Kier alpha value is -1.96. The maximum atomic E-state index is 12.6. The van der Waals surface area contributed by atoms with Crippen LogP contribution in [0.15, 0.2) is 4.79 Å². The van der Waals surface area contributed by atoms with Crippen LogP contribution >= 0.6 is 11.8 Å². The third kappa shape index (κ3) is 2.50. The number of carbonyl (C=O) groups is 1. The number of anilines is 1. The van der Waals surface area contributed by atoms with E-state index in [4.69, 9.17) is 0 Å². The second-order valence-electron chi connectivity index (χ2n) is 6.11. The van der Waals surface area contributed by atoms with E-state index in [9.17, 15) is 9.59 Å². The molecule has 1 atom stereocenters. The van der Waals surface area contributed by atoms with E-state index in [1.165, 1.54) is 11.8 Å². The SMILES string of the molecule is Cc1nn(C)c(C)c1[C@@H]1SCC(=O)Nc2c1c(=O)[nH]n2C(C)C. The summed E-state index contributed by atoms with van der Waals surface area (Å²) in [5, 5.41) is 9.99. The van der Waals surface area contributed by atoms with Gasteiger partial charge in [-0.25, -0.2) is 0 Å². The van der Waals surface area contributed by atoms with Crippen molar-refractivity contribution in [1.82, 2.24) is 19.6 Å². The molecule has 124 valence electrons. The first kappa shape index (κ1) is 15.9. The number of nitrogens with zero attached hydrogens (tertiary/aromatic N) is 3. The molecule has 0 unspecified atom stereocenters. The zero-order valence-electron chi connectivity index (χ0n) is 13.9. The van der Waals surface area contributed by atoms with Crippen molar-refractivity contribution in [3.63, 3.8) is 0 Å². The van der Waals surface area contributed by atoms with Crippen LogP contribution in [-0.4, -0.2) is 31.2 Å². The molecule has 0 saturated carbocycles. The van der Waals surface area contributed by atoms with Crippen molar-refractivity contribution in [2.75, 3.05) is 11.1 Å². The number of aryl methyl sites for hydroxylation is 2. The van der Waals surface area contributed by atoms with Gasteiger partial charge in [0.2, 0.25) is 5.91 Å². The van der Waals surface area contributed by atoms with Crippen LogP contribution < -0.4 is 10.9 Å². The van der Waals surface area contributed by atoms with Gasteiger partial charge >= 0.3 is 0 Å². The lowest BCUT2D eigenvalue weighted by Crippen LogP contribution is -2.17. The minimum atomic E-state index is -0.207. The summed E-state index contributed by atoms with van der Waals surface area (Å²) >= 11 is 1.47. The number of carbonyl (C=O) groups excluding carboxylic acids is 1. The van der Waals surface area contributed by atoms with Gasteiger partial charge in [0, 0.05) is 24.3 Å². The quantitative estimate of drug-likeness (QED) is 0.877. The van der Waals surface area contributed by atoms with Crippen LogP contribution in [0.3, 0.4) is 0 Å². The lowest BCUT2D eigenvalue weighted by Gasteiger charge is -2.15. The van der Waals surface area contributed by atoms with Crippen LogP contribution in [0.5, 0.6) is 0 Å². The van der Waals surface area contributed by atoms with Gasteiger partial charge in [-0.1, -0.05) is 0 Å². The molecule has 2 N–H and O–H groups in total. The first-order chi connectivity index (χ1) is 10.8. The number of hydrogen-bond donors (Lipinski definition) is 2. The van der Waals surface area contributed by atoms with E-state index in [1.807, 2.05) is 39.4 Å². The average molecular weight is 335 g/mol. The van der Waals surface area contributed by atoms with E-state index in [-0.39, 0.29) is 22.8 Å². The Bertz CT molecular complexity index is 830. The molecule has 2 aromatic rings. The molecule has 0 fully saturated rings. The zero-order chi connectivity index (χ0) is 16.9. The van der Waals surface area contributed by atoms with Gasteiger partial charge in [-0.2, -0.15) is 5.10 Å². The number of hydrogen-bond acceptors (Lipinski definition) is 4. The second-order valence-corrected chi connectivity index (χ2v) is 7.21. The number of aromatic nitrogens is 4. The summed E-state index contributed by atoms with van der Waals surface area (Å²) in [6.45, 7) is 7.87. The molecule has 0 aliphatic carbocycles. The highest BCUT2D eigenvalue weighted by molar-refractivity contribution is 8.00. The normalized spacial score (nSPS) is 18.0. The highest BCUT2D eigenvalue weighted by atomic mass is 32.2. The van der Waals surface area contributed by atoms with Crippen molar-refractivity contribution < 1.29 is 4.79 Å². The van der Waals surface area contributed by atoms with E-state index in [0.29, 0.717) is 17.1 Å². The molecule has 7 nitrogen and oxygen atoms in total. The standard InChI is InChI=1S/C15H21N5O2S/c1-7(2)20-14-12(15(22)18-20)13(23-6-10(21)16-14)11-8(3)17-19(5)9(11)4/h7,13H,6H2,1-5H3,(H,16,21)(H,18,22)/t13-/m0/s1. The molecule has 0 saturated heterocycles. The lowest BCUT2D eigenvalue weighted by atomic mass is 10.0. The van der Waals surface area contributed by atoms with E-state index in [0.717, 1.165) is 17.0 Å². The van der Waals surface area contributed by atoms with Gasteiger partial charge in [0.15, 0.2) is 0 Å². The predicted molar refractivity (Wildman–Crippen MR) is 91.1 cm³/mol. The molecule has 0 bridgehead atoms. The fourth-order valence-electron chi connectivity index (χ4n) is 3.03. The molecular weight excluding hydrogens is 314 g/mol. The first-order valence-electron chi connectivity index (χ1n) is 7.57. The van der Waals surface area contributed by atoms with E-state index < -0.39 is 0 Å². The minimum Gasteiger partial charge on any atom is -0.310 e. The minimum absolute atomic E-state index is 0.0478. The highest BCUT2D eigenvalue weighted by Crippen LogP contribution is 2.42. The Morgan fingerprint density at radius 1 is 1.26 bits per heavy atom. The van der Waals surface area contributed by atoms with Crippen LogP contribution in [0.2, 0.25) is 0 Å². The van der Waals surface area contributed by atoms with Crippen LogP contribution in [0.25, 0.3) is 0 Å². The fourth-order valence-corrected chi connectivity index (χ4v) is 4.31. The van der Waals surface area contributed by atoms with Crippen LogP contribution in [0.4, 0.5) is 5.82 Å². The van der Waals surface area contributed by atoms with Crippen molar-refractivity contribution >= 4 is 23.5 Å².